The first-order chi connectivity index (χ1) is 16.6. The lowest BCUT2D eigenvalue weighted by atomic mass is 9.86. The van der Waals surface area contributed by atoms with E-state index in [9.17, 15) is 13.2 Å². The van der Waals surface area contributed by atoms with Crippen LogP contribution in [0.5, 0.6) is 5.88 Å². The number of sulfonamides is 1. The SMILES string of the molecule is CC1CN(c2ncccc2C(=O)NS(=O)(=O)c2cccc(OC(C)C3CCCCC3)n2)C(C)(C)C1. The predicted molar refractivity (Wildman–Crippen MR) is 135 cm³/mol. The van der Waals surface area contributed by atoms with Crippen LogP contribution in [0.4, 0.5) is 5.82 Å². The van der Waals surface area contributed by atoms with Crippen LogP contribution in [0, 0.1) is 11.8 Å². The lowest BCUT2D eigenvalue weighted by Gasteiger charge is -2.33. The summed E-state index contributed by atoms with van der Waals surface area (Å²) in [6.45, 7) is 9.12. The van der Waals surface area contributed by atoms with Crippen LogP contribution in [0.3, 0.4) is 0 Å². The molecular weight excluding hydrogens is 464 g/mol. The number of amides is 1. The monoisotopic (exact) mass is 500 g/mol. The largest absolute Gasteiger partial charge is 0.474 e. The van der Waals surface area contributed by atoms with Crippen molar-refractivity contribution < 1.29 is 17.9 Å². The van der Waals surface area contributed by atoms with Crippen molar-refractivity contribution in [2.45, 2.75) is 82.9 Å². The number of nitrogens with zero attached hydrogens (tertiary/aromatic N) is 3. The minimum Gasteiger partial charge on any atom is -0.474 e. The van der Waals surface area contributed by atoms with Crippen molar-refractivity contribution in [2.24, 2.45) is 11.8 Å². The second-order valence-electron chi connectivity index (χ2n) is 10.6. The van der Waals surface area contributed by atoms with Crippen LogP contribution in [0.15, 0.2) is 41.6 Å². The van der Waals surface area contributed by atoms with Gasteiger partial charge in [0.2, 0.25) is 5.88 Å². The Balaban J connectivity index is 1.51. The van der Waals surface area contributed by atoms with Gasteiger partial charge in [-0.25, -0.2) is 9.71 Å². The summed E-state index contributed by atoms with van der Waals surface area (Å²) < 4.78 is 34.3. The number of rotatable bonds is 7. The molecule has 0 bridgehead atoms. The van der Waals surface area contributed by atoms with Crippen LogP contribution in [-0.4, -0.2) is 42.5 Å². The van der Waals surface area contributed by atoms with E-state index in [4.69, 9.17) is 4.74 Å². The highest BCUT2D eigenvalue weighted by molar-refractivity contribution is 7.90. The molecule has 2 aromatic heterocycles. The van der Waals surface area contributed by atoms with E-state index in [0.29, 0.717) is 17.7 Å². The average Bonchev–Trinajstić information content (AvgIpc) is 3.11. The molecule has 2 aliphatic rings. The van der Waals surface area contributed by atoms with Crippen molar-refractivity contribution in [3.8, 4) is 5.88 Å². The third-order valence-electron chi connectivity index (χ3n) is 7.18. The van der Waals surface area contributed by atoms with Crippen molar-refractivity contribution in [3.05, 3.63) is 42.1 Å². The van der Waals surface area contributed by atoms with E-state index in [1.54, 1.807) is 30.5 Å². The predicted octanol–water partition coefficient (Wildman–Crippen LogP) is 4.57. The maximum Gasteiger partial charge on any atom is 0.281 e. The Morgan fingerprint density at radius 3 is 2.60 bits per heavy atom. The molecule has 190 valence electrons. The zero-order valence-corrected chi connectivity index (χ0v) is 21.8. The maximum atomic E-state index is 13.2. The topological polar surface area (TPSA) is 101 Å². The van der Waals surface area contributed by atoms with E-state index < -0.39 is 15.9 Å². The maximum absolute atomic E-state index is 13.2. The van der Waals surface area contributed by atoms with E-state index in [0.717, 1.165) is 25.8 Å². The summed E-state index contributed by atoms with van der Waals surface area (Å²) in [5, 5.41) is -0.250. The Hall–Kier alpha value is -2.68. The zero-order chi connectivity index (χ0) is 25.2. The molecule has 8 nitrogen and oxygen atoms in total. The van der Waals surface area contributed by atoms with E-state index in [1.165, 1.54) is 25.3 Å². The molecule has 35 heavy (non-hydrogen) atoms. The van der Waals surface area contributed by atoms with Gasteiger partial charge in [-0.15, -0.1) is 0 Å². The Bertz CT molecular complexity index is 1160. The highest BCUT2D eigenvalue weighted by atomic mass is 32.2. The minimum absolute atomic E-state index is 0.0560. The Morgan fingerprint density at radius 1 is 1.17 bits per heavy atom. The molecule has 3 heterocycles. The van der Waals surface area contributed by atoms with Gasteiger partial charge in [-0.3, -0.25) is 4.79 Å². The first-order valence-corrected chi connectivity index (χ1v) is 14.0. The minimum atomic E-state index is -4.21. The van der Waals surface area contributed by atoms with Gasteiger partial charge < -0.3 is 9.64 Å². The summed E-state index contributed by atoms with van der Waals surface area (Å²) in [5.74, 6) is 0.878. The molecule has 0 aromatic carbocycles. The molecule has 0 radical (unpaired) electrons. The van der Waals surface area contributed by atoms with Gasteiger partial charge in [0.15, 0.2) is 5.03 Å². The molecule has 2 aromatic rings. The summed E-state index contributed by atoms with van der Waals surface area (Å²) in [6, 6.07) is 7.83. The normalized spacial score (nSPS) is 21.5. The third kappa shape index (κ3) is 5.77. The van der Waals surface area contributed by atoms with Gasteiger partial charge in [-0.2, -0.15) is 13.4 Å². The molecule has 2 unspecified atom stereocenters. The van der Waals surface area contributed by atoms with Crippen molar-refractivity contribution in [1.29, 1.82) is 0 Å². The number of nitrogens with one attached hydrogen (secondary N) is 1. The van der Waals surface area contributed by atoms with Gasteiger partial charge in [0.05, 0.1) is 5.56 Å². The van der Waals surface area contributed by atoms with E-state index >= 15 is 0 Å². The third-order valence-corrected chi connectivity index (χ3v) is 8.41. The Labute approximate surface area is 208 Å². The Kier molecular flexibility index (Phi) is 7.35. The molecule has 1 saturated carbocycles. The number of hydrogen-bond acceptors (Lipinski definition) is 7. The molecule has 1 aliphatic carbocycles. The summed E-state index contributed by atoms with van der Waals surface area (Å²) in [4.78, 5) is 23.9. The molecule has 1 amide bonds. The molecule has 0 spiro atoms. The van der Waals surface area contributed by atoms with Gasteiger partial charge in [0, 0.05) is 24.3 Å². The molecular formula is C26H36N4O4S. The summed E-state index contributed by atoms with van der Waals surface area (Å²) in [5.41, 5.74) is 0.0285. The second-order valence-corrected chi connectivity index (χ2v) is 12.2. The van der Waals surface area contributed by atoms with E-state index in [-0.39, 0.29) is 28.1 Å². The number of carbonyl (C=O) groups is 1. The lowest BCUT2D eigenvalue weighted by Crippen LogP contribution is -2.41. The quantitative estimate of drug-likeness (QED) is 0.594. The molecule has 9 heteroatoms. The lowest BCUT2D eigenvalue weighted by molar-refractivity contribution is 0.0981. The van der Waals surface area contributed by atoms with Gasteiger partial charge in [0.1, 0.15) is 11.9 Å². The highest BCUT2D eigenvalue weighted by Gasteiger charge is 2.39. The van der Waals surface area contributed by atoms with Gasteiger partial charge in [0.25, 0.3) is 15.9 Å². The van der Waals surface area contributed by atoms with Crippen LogP contribution >= 0.6 is 0 Å². The van der Waals surface area contributed by atoms with Gasteiger partial charge >= 0.3 is 0 Å². The van der Waals surface area contributed by atoms with Crippen LogP contribution in [0.25, 0.3) is 0 Å². The number of carbonyl (C=O) groups excluding carboxylic acids is 1. The summed E-state index contributed by atoms with van der Waals surface area (Å²) in [7, 11) is -4.21. The summed E-state index contributed by atoms with van der Waals surface area (Å²) >= 11 is 0. The smallest absolute Gasteiger partial charge is 0.281 e. The molecule has 1 aliphatic heterocycles. The van der Waals surface area contributed by atoms with Crippen LogP contribution in [0.1, 0.15) is 76.6 Å². The average molecular weight is 501 g/mol. The van der Waals surface area contributed by atoms with Gasteiger partial charge in [-0.05, 0) is 70.1 Å². The van der Waals surface area contributed by atoms with Crippen LogP contribution in [0.2, 0.25) is 0 Å². The highest BCUT2D eigenvalue weighted by Crippen LogP contribution is 2.37. The van der Waals surface area contributed by atoms with Crippen molar-refractivity contribution in [2.75, 3.05) is 11.4 Å². The van der Waals surface area contributed by atoms with Crippen LogP contribution in [-0.2, 0) is 10.0 Å². The number of pyridine rings is 2. The zero-order valence-electron chi connectivity index (χ0n) is 21.0. The van der Waals surface area contributed by atoms with Crippen LogP contribution < -0.4 is 14.4 Å². The van der Waals surface area contributed by atoms with E-state index in [2.05, 4.69) is 40.4 Å². The van der Waals surface area contributed by atoms with E-state index in [1.807, 2.05) is 6.92 Å². The summed E-state index contributed by atoms with van der Waals surface area (Å²) in [6.07, 6.45) is 8.37. The molecule has 1 N–H and O–H groups in total. The van der Waals surface area contributed by atoms with Crippen molar-refractivity contribution >= 4 is 21.7 Å². The standard InChI is InChI=1S/C26H36N4O4S/c1-18-16-26(3,4)30(17-18)24-21(12-9-15-27-24)25(31)29-35(32,33)23-14-8-13-22(28-23)34-19(2)20-10-6-5-7-11-20/h8-9,12-15,18-20H,5-7,10-11,16-17H2,1-4H3,(H,29,31). The Morgan fingerprint density at radius 2 is 1.91 bits per heavy atom. The molecule has 1 saturated heterocycles. The van der Waals surface area contributed by atoms with Gasteiger partial charge in [-0.1, -0.05) is 32.3 Å². The fourth-order valence-corrected chi connectivity index (χ4v) is 6.41. The number of anilines is 1. The fraction of sp³-hybridized carbons (Fsp3) is 0.577. The second kappa shape index (κ2) is 10.1. The number of aromatic nitrogens is 2. The molecule has 2 fully saturated rings. The molecule has 4 rings (SSSR count). The molecule has 2 atom stereocenters. The number of hydrogen-bond donors (Lipinski definition) is 1. The van der Waals surface area contributed by atoms with Crippen molar-refractivity contribution in [3.63, 3.8) is 0 Å². The first kappa shape index (κ1) is 25.4. The fourth-order valence-electron chi connectivity index (χ4n) is 5.48. The van der Waals surface area contributed by atoms with Crippen molar-refractivity contribution in [1.82, 2.24) is 14.7 Å². The number of ether oxygens (including phenoxy) is 1. The first-order valence-electron chi connectivity index (χ1n) is 12.5.